The Bertz CT molecular complexity index is 751. The highest BCUT2D eigenvalue weighted by Gasteiger charge is 2.27. The summed E-state index contributed by atoms with van der Waals surface area (Å²) in [5, 5.41) is 3.38. The van der Waals surface area contributed by atoms with E-state index >= 15 is 0 Å². The lowest BCUT2D eigenvalue weighted by Crippen LogP contribution is -2.19. The molecule has 0 unspecified atom stereocenters. The van der Waals surface area contributed by atoms with Crippen molar-refractivity contribution in [3.63, 3.8) is 0 Å². The number of carbonyl (C=O) groups is 2. The highest BCUT2D eigenvalue weighted by Crippen LogP contribution is 2.39. The zero-order chi connectivity index (χ0) is 15.9. The quantitative estimate of drug-likeness (QED) is 0.876. The summed E-state index contributed by atoms with van der Waals surface area (Å²) in [6.07, 6.45) is 2.81. The summed E-state index contributed by atoms with van der Waals surface area (Å²) < 4.78 is 0.555. The Balaban J connectivity index is 1.93. The molecule has 0 saturated heterocycles. The van der Waals surface area contributed by atoms with Gasteiger partial charge < -0.3 is 11.1 Å². The predicted molar refractivity (Wildman–Crippen MR) is 91.3 cm³/mol. The molecule has 0 radical (unpaired) electrons. The molecule has 1 atom stereocenters. The van der Waals surface area contributed by atoms with Crippen molar-refractivity contribution in [3.8, 4) is 0 Å². The van der Waals surface area contributed by atoms with E-state index in [1.807, 2.05) is 0 Å². The van der Waals surface area contributed by atoms with E-state index in [1.165, 1.54) is 22.7 Å². The van der Waals surface area contributed by atoms with E-state index in [-0.39, 0.29) is 5.91 Å². The molecule has 3 rings (SSSR count). The van der Waals surface area contributed by atoms with E-state index in [4.69, 9.17) is 17.3 Å². The SMILES string of the molecule is C[C@H]1CCc2c(sc(NC(=O)c3ccc(Cl)s3)c2C(N)=O)C1. The smallest absolute Gasteiger partial charge is 0.266 e. The van der Waals surface area contributed by atoms with E-state index in [0.29, 0.717) is 25.7 Å². The van der Waals surface area contributed by atoms with Gasteiger partial charge in [0.15, 0.2) is 0 Å². The summed E-state index contributed by atoms with van der Waals surface area (Å²) >= 11 is 8.52. The summed E-state index contributed by atoms with van der Waals surface area (Å²) in [4.78, 5) is 25.8. The molecule has 116 valence electrons. The van der Waals surface area contributed by atoms with E-state index in [2.05, 4.69) is 12.2 Å². The number of hydrogen-bond acceptors (Lipinski definition) is 4. The van der Waals surface area contributed by atoms with E-state index in [0.717, 1.165) is 29.7 Å². The van der Waals surface area contributed by atoms with Crippen LogP contribution < -0.4 is 11.1 Å². The summed E-state index contributed by atoms with van der Waals surface area (Å²) in [6, 6.07) is 3.35. The van der Waals surface area contributed by atoms with Gasteiger partial charge in [0, 0.05) is 4.88 Å². The highest BCUT2D eigenvalue weighted by atomic mass is 35.5. The Morgan fingerprint density at radius 2 is 2.14 bits per heavy atom. The molecule has 2 aromatic heterocycles. The minimum atomic E-state index is -0.480. The van der Waals surface area contributed by atoms with Gasteiger partial charge in [-0.15, -0.1) is 22.7 Å². The Labute approximate surface area is 141 Å². The number of halogens is 1. The molecule has 1 aliphatic rings. The van der Waals surface area contributed by atoms with Crippen LogP contribution in [-0.4, -0.2) is 11.8 Å². The van der Waals surface area contributed by atoms with Gasteiger partial charge in [-0.3, -0.25) is 9.59 Å². The summed E-state index contributed by atoms with van der Waals surface area (Å²) in [7, 11) is 0. The van der Waals surface area contributed by atoms with Gasteiger partial charge in [0.25, 0.3) is 11.8 Å². The normalized spacial score (nSPS) is 17.1. The fourth-order valence-corrected chi connectivity index (χ4v) is 5.05. The van der Waals surface area contributed by atoms with Gasteiger partial charge in [-0.2, -0.15) is 0 Å². The maximum atomic E-state index is 12.3. The number of nitrogens with two attached hydrogens (primary N) is 1. The number of carbonyl (C=O) groups excluding carboxylic acids is 2. The number of hydrogen-bond donors (Lipinski definition) is 2. The molecule has 1 aliphatic carbocycles. The number of thiophene rings is 2. The minimum absolute atomic E-state index is 0.258. The van der Waals surface area contributed by atoms with Gasteiger partial charge in [0.05, 0.1) is 14.8 Å². The van der Waals surface area contributed by atoms with Crippen LogP contribution in [-0.2, 0) is 12.8 Å². The standard InChI is InChI=1S/C15H15ClN2O2S2/c1-7-2-3-8-10(6-7)22-15(12(8)13(17)19)18-14(20)9-4-5-11(16)21-9/h4-5,7H,2-3,6H2,1H3,(H2,17,19)(H,18,20)/t7-/m0/s1. The Morgan fingerprint density at radius 1 is 1.36 bits per heavy atom. The molecule has 0 bridgehead atoms. The first-order valence-corrected chi connectivity index (χ1v) is 8.97. The van der Waals surface area contributed by atoms with Crippen LogP contribution in [0, 0.1) is 5.92 Å². The van der Waals surface area contributed by atoms with Gasteiger partial charge in [-0.1, -0.05) is 18.5 Å². The molecule has 2 heterocycles. The minimum Gasteiger partial charge on any atom is -0.365 e. The average molecular weight is 355 g/mol. The van der Waals surface area contributed by atoms with Crippen molar-refractivity contribution in [2.75, 3.05) is 5.32 Å². The van der Waals surface area contributed by atoms with Gasteiger partial charge in [-0.05, 0) is 42.9 Å². The highest BCUT2D eigenvalue weighted by molar-refractivity contribution is 7.18. The van der Waals surface area contributed by atoms with Crippen molar-refractivity contribution < 1.29 is 9.59 Å². The van der Waals surface area contributed by atoms with Crippen molar-refractivity contribution in [1.82, 2.24) is 0 Å². The predicted octanol–water partition coefficient (Wildman–Crippen LogP) is 3.94. The third kappa shape index (κ3) is 2.91. The van der Waals surface area contributed by atoms with E-state index < -0.39 is 5.91 Å². The van der Waals surface area contributed by atoms with Crippen LogP contribution in [0.2, 0.25) is 4.34 Å². The van der Waals surface area contributed by atoms with Crippen molar-refractivity contribution >= 4 is 51.1 Å². The molecule has 2 aromatic rings. The van der Waals surface area contributed by atoms with Crippen molar-refractivity contribution in [2.24, 2.45) is 11.7 Å². The first kappa shape index (κ1) is 15.5. The fraction of sp³-hybridized carbons (Fsp3) is 0.333. The van der Waals surface area contributed by atoms with Crippen LogP contribution in [0.1, 0.15) is 43.8 Å². The summed E-state index contributed by atoms with van der Waals surface area (Å²) in [6.45, 7) is 2.19. The molecule has 0 spiro atoms. The first-order chi connectivity index (χ1) is 10.5. The summed E-state index contributed by atoms with van der Waals surface area (Å²) in [5.74, 6) is -0.149. The second-order valence-electron chi connectivity index (χ2n) is 5.48. The van der Waals surface area contributed by atoms with Gasteiger partial charge in [-0.25, -0.2) is 0 Å². The van der Waals surface area contributed by atoms with Crippen LogP contribution in [0.25, 0.3) is 0 Å². The van der Waals surface area contributed by atoms with Crippen molar-refractivity contribution in [3.05, 3.63) is 37.4 Å². The van der Waals surface area contributed by atoms with Crippen molar-refractivity contribution in [1.29, 1.82) is 0 Å². The maximum Gasteiger partial charge on any atom is 0.266 e. The molecule has 7 heteroatoms. The lowest BCUT2D eigenvalue weighted by molar-refractivity contribution is 0.1000. The van der Waals surface area contributed by atoms with Gasteiger partial charge >= 0.3 is 0 Å². The number of rotatable bonds is 3. The summed E-state index contributed by atoms with van der Waals surface area (Å²) in [5.41, 5.74) is 7.02. The van der Waals surface area contributed by atoms with Crippen LogP contribution >= 0.6 is 34.3 Å². The second kappa shape index (κ2) is 6.02. The zero-order valence-corrected chi connectivity index (χ0v) is 14.3. The van der Waals surface area contributed by atoms with Crippen LogP contribution in [0.5, 0.6) is 0 Å². The lowest BCUT2D eigenvalue weighted by atomic mass is 9.88. The Hall–Kier alpha value is -1.37. The molecule has 0 aromatic carbocycles. The lowest BCUT2D eigenvalue weighted by Gasteiger charge is -2.18. The number of anilines is 1. The molecule has 4 nitrogen and oxygen atoms in total. The third-order valence-electron chi connectivity index (χ3n) is 3.78. The largest absolute Gasteiger partial charge is 0.365 e. The second-order valence-corrected chi connectivity index (χ2v) is 8.30. The molecule has 0 saturated carbocycles. The fourth-order valence-electron chi connectivity index (χ4n) is 2.70. The van der Waals surface area contributed by atoms with Crippen LogP contribution in [0.4, 0.5) is 5.00 Å². The Morgan fingerprint density at radius 3 is 2.77 bits per heavy atom. The molecule has 22 heavy (non-hydrogen) atoms. The average Bonchev–Trinajstić information content (AvgIpc) is 3.01. The molecular weight excluding hydrogens is 340 g/mol. The zero-order valence-electron chi connectivity index (χ0n) is 11.9. The number of nitrogens with one attached hydrogen (secondary N) is 1. The number of amides is 2. The molecule has 2 amide bonds. The van der Waals surface area contributed by atoms with E-state index in [1.54, 1.807) is 12.1 Å². The molecule has 0 fully saturated rings. The first-order valence-electron chi connectivity index (χ1n) is 6.96. The van der Waals surface area contributed by atoms with E-state index in [9.17, 15) is 9.59 Å². The monoisotopic (exact) mass is 354 g/mol. The molecule has 0 aliphatic heterocycles. The molecular formula is C15H15ClN2O2S2. The van der Waals surface area contributed by atoms with Gasteiger partial charge in [0.2, 0.25) is 0 Å². The topological polar surface area (TPSA) is 72.2 Å². The number of primary amides is 1. The third-order valence-corrected chi connectivity index (χ3v) is 6.18. The van der Waals surface area contributed by atoms with Crippen molar-refractivity contribution in [2.45, 2.75) is 26.2 Å². The van der Waals surface area contributed by atoms with Gasteiger partial charge in [0.1, 0.15) is 5.00 Å². The maximum absolute atomic E-state index is 12.3. The number of fused-ring (bicyclic) bond motifs is 1. The molecule has 3 N–H and O–H groups in total. The Kier molecular flexibility index (Phi) is 4.25. The van der Waals surface area contributed by atoms with Crippen LogP contribution in [0.3, 0.4) is 0 Å². The van der Waals surface area contributed by atoms with Crippen LogP contribution in [0.15, 0.2) is 12.1 Å².